The van der Waals surface area contributed by atoms with E-state index in [2.05, 4.69) is 39.0 Å². The molecule has 2 heteroatoms. The lowest BCUT2D eigenvalue weighted by Crippen LogP contribution is -2.09. The second kappa shape index (κ2) is 11.0. The van der Waals surface area contributed by atoms with Crippen molar-refractivity contribution < 1.29 is 9.53 Å². The molecule has 0 aliphatic rings. The zero-order chi connectivity index (χ0) is 20.5. The van der Waals surface area contributed by atoms with Gasteiger partial charge in [-0.1, -0.05) is 44.4 Å². The smallest absolute Gasteiger partial charge is 0.150 e. The molecule has 28 heavy (non-hydrogen) atoms. The minimum Gasteiger partial charge on any atom is -0.493 e. The molecule has 2 nitrogen and oxygen atoms in total. The Balaban J connectivity index is 1.91. The van der Waals surface area contributed by atoms with Crippen LogP contribution in [0.5, 0.6) is 5.75 Å². The van der Waals surface area contributed by atoms with Gasteiger partial charge in [-0.2, -0.15) is 0 Å². The van der Waals surface area contributed by atoms with Crippen molar-refractivity contribution in [1.29, 1.82) is 0 Å². The van der Waals surface area contributed by atoms with Crippen LogP contribution in [0.1, 0.15) is 77.2 Å². The molecular weight excluding hydrogens is 344 g/mol. The van der Waals surface area contributed by atoms with Crippen LogP contribution in [0.4, 0.5) is 0 Å². The van der Waals surface area contributed by atoms with Crippen LogP contribution in [-0.2, 0) is 6.42 Å². The molecule has 0 radical (unpaired) electrons. The highest BCUT2D eigenvalue weighted by Crippen LogP contribution is 2.26. The summed E-state index contributed by atoms with van der Waals surface area (Å²) in [5, 5.41) is 0. The first kappa shape index (κ1) is 22.2. The van der Waals surface area contributed by atoms with Crippen molar-refractivity contribution in [2.75, 3.05) is 6.61 Å². The van der Waals surface area contributed by atoms with Crippen LogP contribution in [-0.4, -0.2) is 12.9 Å². The van der Waals surface area contributed by atoms with Crippen molar-refractivity contribution in [3.05, 3.63) is 63.7 Å². The first-order valence-corrected chi connectivity index (χ1v) is 10.7. The van der Waals surface area contributed by atoms with Crippen LogP contribution < -0.4 is 4.74 Å². The van der Waals surface area contributed by atoms with Crippen LogP contribution >= 0.6 is 0 Å². The van der Waals surface area contributed by atoms with Crippen LogP contribution in [0.15, 0.2) is 30.3 Å². The Hall–Kier alpha value is -2.09. The van der Waals surface area contributed by atoms with Crippen molar-refractivity contribution in [2.45, 2.75) is 73.1 Å². The van der Waals surface area contributed by atoms with E-state index in [0.717, 1.165) is 48.2 Å². The molecule has 0 spiro atoms. The fraction of sp³-hybridized carbons (Fsp3) is 0.500. The lowest BCUT2D eigenvalue weighted by molar-refractivity contribution is 0.112. The largest absolute Gasteiger partial charge is 0.493 e. The number of aryl methyl sites for hydroxylation is 4. The fourth-order valence-corrected chi connectivity index (χ4v) is 3.93. The molecule has 0 N–H and O–H groups in total. The third-order valence-corrected chi connectivity index (χ3v) is 5.68. The average Bonchev–Trinajstić information content (AvgIpc) is 2.67. The standard InChI is InChI=1S/C26H36O2/c1-6-7-9-23(17-24-12-11-19(2)20(3)14-24)10-8-13-28-26-21(4)15-25(18-27)16-22(26)5/h11-12,14-16,18,23H,6-10,13,17H2,1-5H3. The van der Waals surface area contributed by atoms with E-state index in [0.29, 0.717) is 5.92 Å². The molecule has 0 saturated heterocycles. The highest BCUT2D eigenvalue weighted by Gasteiger charge is 2.11. The Kier molecular flexibility index (Phi) is 8.76. The maximum Gasteiger partial charge on any atom is 0.150 e. The van der Waals surface area contributed by atoms with Gasteiger partial charge in [0.1, 0.15) is 12.0 Å². The fourth-order valence-electron chi connectivity index (χ4n) is 3.93. The number of carbonyl (C=O) groups is 1. The van der Waals surface area contributed by atoms with E-state index in [1.807, 2.05) is 26.0 Å². The van der Waals surface area contributed by atoms with Crippen molar-refractivity contribution in [1.82, 2.24) is 0 Å². The number of ether oxygens (including phenoxy) is 1. The van der Waals surface area contributed by atoms with E-state index < -0.39 is 0 Å². The molecule has 0 aliphatic heterocycles. The molecule has 0 amide bonds. The summed E-state index contributed by atoms with van der Waals surface area (Å²) < 4.78 is 6.09. The van der Waals surface area contributed by atoms with Crippen molar-refractivity contribution >= 4 is 6.29 Å². The van der Waals surface area contributed by atoms with Crippen LogP contribution in [0.25, 0.3) is 0 Å². The van der Waals surface area contributed by atoms with Gasteiger partial charge in [0, 0.05) is 5.56 Å². The summed E-state index contributed by atoms with van der Waals surface area (Å²) in [6.45, 7) is 11.4. The molecule has 2 rings (SSSR count). The Bertz CT molecular complexity index is 753. The zero-order valence-corrected chi connectivity index (χ0v) is 18.3. The Labute approximate surface area is 171 Å². The molecule has 0 bridgehead atoms. The third kappa shape index (κ3) is 6.51. The molecule has 1 atom stereocenters. The lowest BCUT2D eigenvalue weighted by atomic mass is 9.89. The van der Waals surface area contributed by atoms with E-state index in [-0.39, 0.29) is 0 Å². The van der Waals surface area contributed by atoms with Gasteiger partial charge in [0.2, 0.25) is 0 Å². The number of aldehydes is 1. The molecule has 0 saturated carbocycles. The molecule has 0 aliphatic carbocycles. The van der Waals surface area contributed by atoms with Crippen LogP contribution in [0.3, 0.4) is 0 Å². The number of hydrogen-bond donors (Lipinski definition) is 0. The summed E-state index contributed by atoms with van der Waals surface area (Å²) in [5.74, 6) is 1.65. The first-order chi connectivity index (χ1) is 13.4. The SMILES string of the molecule is CCCCC(CCCOc1c(C)cc(C=O)cc1C)Cc1ccc(C)c(C)c1. The molecular formula is C26H36O2. The second-order valence-corrected chi connectivity index (χ2v) is 8.22. The van der Waals surface area contributed by atoms with Gasteiger partial charge >= 0.3 is 0 Å². The zero-order valence-electron chi connectivity index (χ0n) is 18.3. The van der Waals surface area contributed by atoms with E-state index in [1.54, 1.807) is 0 Å². The molecule has 2 aromatic rings. The minimum atomic E-state index is 0.713. The number of rotatable bonds is 11. The van der Waals surface area contributed by atoms with Gasteiger partial charge in [-0.05, 0) is 92.8 Å². The summed E-state index contributed by atoms with van der Waals surface area (Å²) in [4.78, 5) is 11.0. The Morgan fingerprint density at radius 1 is 0.893 bits per heavy atom. The van der Waals surface area contributed by atoms with Crippen molar-refractivity contribution in [3.63, 3.8) is 0 Å². The van der Waals surface area contributed by atoms with Gasteiger partial charge in [-0.3, -0.25) is 4.79 Å². The number of carbonyl (C=O) groups excluding carboxylic acids is 1. The summed E-state index contributed by atoms with van der Waals surface area (Å²) in [6, 6.07) is 10.7. The van der Waals surface area contributed by atoms with Gasteiger partial charge in [-0.15, -0.1) is 0 Å². The monoisotopic (exact) mass is 380 g/mol. The molecule has 2 aromatic carbocycles. The van der Waals surface area contributed by atoms with Crippen LogP contribution in [0, 0.1) is 33.6 Å². The predicted octanol–water partition coefficient (Wildman–Crippen LogP) is 6.94. The van der Waals surface area contributed by atoms with E-state index in [9.17, 15) is 4.79 Å². The van der Waals surface area contributed by atoms with E-state index in [1.165, 1.54) is 42.4 Å². The molecule has 1 unspecified atom stereocenters. The Morgan fingerprint density at radius 2 is 1.57 bits per heavy atom. The quantitative estimate of drug-likeness (QED) is 0.312. The molecule has 0 fully saturated rings. The predicted molar refractivity (Wildman–Crippen MR) is 119 cm³/mol. The van der Waals surface area contributed by atoms with Gasteiger partial charge < -0.3 is 4.74 Å². The minimum absolute atomic E-state index is 0.713. The highest BCUT2D eigenvalue weighted by atomic mass is 16.5. The average molecular weight is 381 g/mol. The third-order valence-electron chi connectivity index (χ3n) is 5.68. The lowest BCUT2D eigenvalue weighted by Gasteiger charge is -2.18. The first-order valence-electron chi connectivity index (χ1n) is 10.7. The summed E-state index contributed by atoms with van der Waals surface area (Å²) in [5.41, 5.74) is 7.02. The van der Waals surface area contributed by atoms with E-state index >= 15 is 0 Å². The number of benzene rings is 2. The highest BCUT2D eigenvalue weighted by molar-refractivity contribution is 5.76. The summed E-state index contributed by atoms with van der Waals surface area (Å²) in [6.07, 6.45) is 8.14. The Morgan fingerprint density at radius 3 is 2.18 bits per heavy atom. The van der Waals surface area contributed by atoms with Gasteiger partial charge in [0.15, 0.2) is 0 Å². The number of unbranched alkanes of at least 4 members (excludes halogenated alkanes) is 1. The maximum absolute atomic E-state index is 11.0. The summed E-state index contributed by atoms with van der Waals surface area (Å²) in [7, 11) is 0. The van der Waals surface area contributed by atoms with Gasteiger partial charge in [0.05, 0.1) is 6.61 Å². The van der Waals surface area contributed by atoms with Crippen molar-refractivity contribution in [3.8, 4) is 5.75 Å². The molecule has 152 valence electrons. The maximum atomic E-state index is 11.0. The normalized spacial score (nSPS) is 12.0. The number of hydrogen-bond acceptors (Lipinski definition) is 2. The van der Waals surface area contributed by atoms with E-state index in [4.69, 9.17) is 4.74 Å². The molecule has 0 aromatic heterocycles. The second-order valence-electron chi connectivity index (χ2n) is 8.22. The van der Waals surface area contributed by atoms with Crippen LogP contribution in [0.2, 0.25) is 0 Å². The molecule has 0 heterocycles. The van der Waals surface area contributed by atoms with Gasteiger partial charge in [-0.25, -0.2) is 0 Å². The summed E-state index contributed by atoms with van der Waals surface area (Å²) >= 11 is 0. The van der Waals surface area contributed by atoms with Crippen molar-refractivity contribution in [2.24, 2.45) is 5.92 Å². The topological polar surface area (TPSA) is 26.3 Å². The van der Waals surface area contributed by atoms with Gasteiger partial charge in [0.25, 0.3) is 0 Å².